The normalized spacial score (nSPS) is 28.6. The molecular weight excluding hydrogens is 210 g/mol. The lowest BCUT2D eigenvalue weighted by Gasteiger charge is -2.47. The molecule has 17 heavy (non-hydrogen) atoms. The fraction of sp³-hybridized carbons (Fsp3) is 1.00. The Labute approximate surface area is 107 Å². The molecule has 0 unspecified atom stereocenters. The summed E-state index contributed by atoms with van der Waals surface area (Å²) in [6, 6.07) is 0. The van der Waals surface area contributed by atoms with Crippen LogP contribution in [0.1, 0.15) is 71.6 Å². The molecule has 2 heteroatoms. The molecule has 1 heterocycles. The first kappa shape index (κ1) is 13.4. The molecule has 2 aliphatic rings. The summed E-state index contributed by atoms with van der Waals surface area (Å²) in [5, 5.41) is 3.77. The van der Waals surface area contributed by atoms with Gasteiger partial charge in [-0.3, -0.25) is 5.32 Å². The average Bonchev–Trinajstić information content (AvgIpc) is 2.36. The molecule has 0 aromatic rings. The van der Waals surface area contributed by atoms with Crippen LogP contribution >= 0.6 is 0 Å². The third kappa shape index (κ3) is 3.03. The van der Waals surface area contributed by atoms with E-state index in [-0.39, 0.29) is 5.72 Å². The summed E-state index contributed by atoms with van der Waals surface area (Å²) < 4.78 is 6.33. The van der Waals surface area contributed by atoms with Gasteiger partial charge in [0.1, 0.15) is 5.72 Å². The van der Waals surface area contributed by atoms with E-state index in [2.05, 4.69) is 19.2 Å². The first-order valence-electron chi connectivity index (χ1n) is 7.63. The fourth-order valence-electron chi connectivity index (χ4n) is 3.24. The van der Waals surface area contributed by atoms with E-state index in [1.54, 1.807) is 0 Å². The summed E-state index contributed by atoms with van der Waals surface area (Å²) >= 11 is 0. The van der Waals surface area contributed by atoms with Crippen molar-refractivity contribution in [2.24, 2.45) is 5.41 Å². The third-order valence-electron chi connectivity index (χ3n) is 5.10. The maximum atomic E-state index is 6.33. The number of nitrogens with one attached hydrogen (secondary N) is 1. The highest BCUT2D eigenvalue weighted by Crippen LogP contribution is 2.37. The Morgan fingerprint density at radius 3 is 2.00 bits per heavy atom. The molecule has 2 nitrogen and oxygen atoms in total. The van der Waals surface area contributed by atoms with Gasteiger partial charge >= 0.3 is 0 Å². The van der Waals surface area contributed by atoms with Crippen LogP contribution in [0.2, 0.25) is 0 Å². The summed E-state index contributed by atoms with van der Waals surface area (Å²) in [6.07, 6.45) is 11.8. The molecular formula is C15H29NO. The molecule has 0 atom stereocenters. The van der Waals surface area contributed by atoms with Crippen molar-refractivity contribution in [3.63, 3.8) is 0 Å². The van der Waals surface area contributed by atoms with Crippen LogP contribution in [-0.4, -0.2) is 18.9 Å². The zero-order valence-corrected chi connectivity index (χ0v) is 11.7. The maximum Gasteiger partial charge on any atom is 0.119 e. The highest BCUT2D eigenvalue weighted by atomic mass is 16.5. The van der Waals surface area contributed by atoms with Crippen molar-refractivity contribution in [3.8, 4) is 0 Å². The molecule has 0 radical (unpaired) electrons. The molecule has 0 bridgehead atoms. The largest absolute Gasteiger partial charge is 0.360 e. The van der Waals surface area contributed by atoms with Crippen molar-refractivity contribution in [3.05, 3.63) is 0 Å². The first-order chi connectivity index (χ1) is 8.24. The Morgan fingerprint density at radius 2 is 1.53 bits per heavy atom. The predicted molar refractivity (Wildman–Crippen MR) is 72.0 cm³/mol. The van der Waals surface area contributed by atoms with E-state index in [0.29, 0.717) is 5.41 Å². The van der Waals surface area contributed by atoms with Crippen molar-refractivity contribution in [2.75, 3.05) is 13.2 Å². The van der Waals surface area contributed by atoms with Crippen molar-refractivity contribution >= 4 is 0 Å². The van der Waals surface area contributed by atoms with Crippen molar-refractivity contribution in [2.45, 2.75) is 77.4 Å². The van der Waals surface area contributed by atoms with Crippen LogP contribution in [0.4, 0.5) is 0 Å². The molecule has 1 saturated carbocycles. The lowest BCUT2D eigenvalue weighted by Crippen LogP contribution is -2.58. The molecule has 1 N–H and O–H groups in total. The number of hydrogen-bond acceptors (Lipinski definition) is 2. The Kier molecular flexibility index (Phi) is 4.48. The van der Waals surface area contributed by atoms with Crippen LogP contribution in [0.25, 0.3) is 0 Å². The van der Waals surface area contributed by atoms with Gasteiger partial charge in [0.25, 0.3) is 0 Å². The molecule has 0 aromatic carbocycles. The van der Waals surface area contributed by atoms with Crippen molar-refractivity contribution in [1.82, 2.24) is 5.32 Å². The topological polar surface area (TPSA) is 21.3 Å². The van der Waals surface area contributed by atoms with E-state index in [4.69, 9.17) is 4.74 Å². The summed E-state index contributed by atoms with van der Waals surface area (Å²) in [5.41, 5.74) is 0.432. The van der Waals surface area contributed by atoms with Crippen LogP contribution in [0.15, 0.2) is 0 Å². The minimum atomic E-state index is 0.0360. The van der Waals surface area contributed by atoms with Gasteiger partial charge in [-0.15, -0.1) is 0 Å². The van der Waals surface area contributed by atoms with Crippen LogP contribution in [-0.2, 0) is 4.74 Å². The number of ether oxygens (including phenoxy) is 1. The molecule has 0 aromatic heterocycles. The van der Waals surface area contributed by atoms with Gasteiger partial charge in [0.05, 0.1) is 6.61 Å². The molecule has 1 saturated heterocycles. The minimum absolute atomic E-state index is 0.0360. The van der Waals surface area contributed by atoms with E-state index >= 15 is 0 Å². The second-order valence-corrected chi connectivity index (χ2v) is 6.11. The highest BCUT2D eigenvalue weighted by molar-refractivity contribution is 4.91. The van der Waals surface area contributed by atoms with Gasteiger partial charge in [0, 0.05) is 12.0 Å². The first-order valence-corrected chi connectivity index (χ1v) is 7.63. The van der Waals surface area contributed by atoms with Gasteiger partial charge in [0.2, 0.25) is 0 Å². The zero-order valence-electron chi connectivity index (χ0n) is 11.7. The summed E-state index contributed by atoms with van der Waals surface area (Å²) in [6.45, 7) is 6.71. The monoisotopic (exact) mass is 239 g/mol. The molecule has 2 rings (SSSR count). The van der Waals surface area contributed by atoms with Gasteiger partial charge in [-0.2, -0.15) is 0 Å². The number of rotatable bonds is 2. The zero-order chi connectivity index (χ0) is 12.2. The molecule has 1 aliphatic carbocycles. The maximum absolute atomic E-state index is 6.33. The van der Waals surface area contributed by atoms with E-state index in [1.807, 2.05) is 0 Å². The fourth-order valence-corrected chi connectivity index (χ4v) is 3.24. The standard InChI is InChI=1S/C15H29NO/c1-3-14(4-2)12-16-15(17-13-14)10-8-6-5-7-9-11-15/h16H,3-13H2,1-2H3. The predicted octanol–water partition coefficient (Wildman–Crippen LogP) is 3.85. The van der Waals surface area contributed by atoms with Gasteiger partial charge in [-0.05, 0) is 38.5 Å². The smallest absolute Gasteiger partial charge is 0.119 e. The second kappa shape index (κ2) is 5.71. The van der Waals surface area contributed by atoms with Crippen LogP contribution in [0, 0.1) is 5.41 Å². The Balaban J connectivity index is 1.94. The SMILES string of the molecule is CCC1(CC)CNC2(CCCCCCC2)OC1. The quantitative estimate of drug-likeness (QED) is 0.790. The van der Waals surface area contributed by atoms with Crippen LogP contribution < -0.4 is 5.32 Å². The Bertz CT molecular complexity index is 215. The lowest BCUT2D eigenvalue weighted by molar-refractivity contribution is -0.158. The highest BCUT2D eigenvalue weighted by Gasteiger charge is 2.41. The molecule has 2 fully saturated rings. The Morgan fingerprint density at radius 1 is 0.941 bits per heavy atom. The summed E-state index contributed by atoms with van der Waals surface area (Å²) in [7, 11) is 0. The van der Waals surface area contributed by atoms with E-state index in [1.165, 1.54) is 57.8 Å². The van der Waals surface area contributed by atoms with Gasteiger partial charge in [-0.1, -0.05) is 33.1 Å². The van der Waals surface area contributed by atoms with Crippen molar-refractivity contribution < 1.29 is 4.74 Å². The molecule has 1 spiro atoms. The summed E-state index contributed by atoms with van der Waals surface area (Å²) in [4.78, 5) is 0. The molecule has 1 aliphatic heterocycles. The van der Waals surface area contributed by atoms with Crippen LogP contribution in [0.3, 0.4) is 0 Å². The van der Waals surface area contributed by atoms with Gasteiger partial charge in [-0.25, -0.2) is 0 Å². The van der Waals surface area contributed by atoms with E-state index in [0.717, 1.165) is 13.2 Å². The molecule has 0 amide bonds. The lowest BCUT2D eigenvalue weighted by atomic mass is 9.80. The van der Waals surface area contributed by atoms with Crippen molar-refractivity contribution in [1.29, 1.82) is 0 Å². The average molecular weight is 239 g/mol. The molecule has 100 valence electrons. The van der Waals surface area contributed by atoms with E-state index < -0.39 is 0 Å². The van der Waals surface area contributed by atoms with Gasteiger partial charge < -0.3 is 4.74 Å². The van der Waals surface area contributed by atoms with E-state index in [9.17, 15) is 0 Å². The van der Waals surface area contributed by atoms with Gasteiger partial charge in [0.15, 0.2) is 0 Å². The third-order valence-corrected chi connectivity index (χ3v) is 5.10. The minimum Gasteiger partial charge on any atom is -0.360 e. The second-order valence-electron chi connectivity index (χ2n) is 6.11. The summed E-state index contributed by atoms with van der Waals surface area (Å²) in [5.74, 6) is 0. The van der Waals surface area contributed by atoms with Crippen LogP contribution in [0.5, 0.6) is 0 Å². The number of hydrogen-bond donors (Lipinski definition) is 1. The Hall–Kier alpha value is -0.0800.